The first-order chi connectivity index (χ1) is 9.35. The number of carbonyl (C=O) groups is 2. The summed E-state index contributed by atoms with van der Waals surface area (Å²) in [5.41, 5.74) is -0.0595. The van der Waals surface area contributed by atoms with Gasteiger partial charge >= 0.3 is 11.9 Å². The Morgan fingerprint density at radius 3 is 2.30 bits per heavy atom. The molecule has 1 N–H and O–H groups in total. The number of ether oxygens (including phenoxy) is 2. The molecule has 0 amide bonds. The number of hydrogen-bond acceptors (Lipinski definition) is 4. The predicted octanol–water partition coefficient (Wildman–Crippen LogP) is 2.63. The lowest BCUT2D eigenvalue weighted by Gasteiger charge is -2.17. The summed E-state index contributed by atoms with van der Waals surface area (Å²) in [4.78, 5) is 22.5. The number of aliphatic carboxylic acids is 1. The molecule has 0 saturated carbocycles. The van der Waals surface area contributed by atoms with E-state index in [1.807, 2.05) is 12.1 Å². The van der Waals surface area contributed by atoms with Crippen molar-refractivity contribution >= 4 is 11.9 Å². The molecule has 0 unspecified atom stereocenters. The molecule has 0 fully saturated rings. The Morgan fingerprint density at radius 1 is 1.20 bits per heavy atom. The zero-order chi connectivity index (χ0) is 15.2. The van der Waals surface area contributed by atoms with E-state index in [9.17, 15) is 9.59 Å². The summed E-state index contributed by atoms with van der Waals surface area (Å²) in [5, 5.41) is 8.95. The molecule has 0 bridgehead atoms. The summed E-state index contributed by atoms with van der Waals surface area (Å²) >= 11 is 0. The second-order valence-electron chi connectivity index (χ2n) is 5.20. The molecule has 0 atom stereocenters. The Kier molecular flexibility index (Phi) is 5.55. The highest BCUT2D eigenvalue weighted by Gasteiger charge is 2.27. The fourth-order valence-electron chi connectivity index (χ4n) is 1.48. The van der Waals surface area contributed by atoms with Gasteiger partial charge in [-0.1, -0.05) is 12.1 Å². The molecule has 20 heavy (non-hydrogen) atoms. The van der Waals surface area contributed by atoms with Crippen molar-refractivity contribution < 1.29 is 24.2 Å². The van der Waals surface area contributed by atoms with Gasteiger partial charge in [0, 0.05) is 6.42 Å². The van der Waals surface area contributed by atoms with Gasteiger partial charge in [-0.3, -0.25) is 9.59 Å². The van der Waals surface area contributed by atoms with Crippen molar-refractivity contribution in [1.29, 1.82) is 0 Å². The van der Waals surface area contributed by atoms with E-state index in [1.165, 1.54) is 0 Å². The first-order valence-corrected chi connectivity index (χ1v) is 6.37. The molecular weight excluding hydrogens is 260 g/mol. The van der Waals surface area contributed by atoms with Crippen LogP contribution in [-0.2, 0) is 20.9 Å². The van der Waals surface area contributed by atoms with Crippen LogP contribution in [0.4, 0.5) is 0 Å². The van der Waals surface area contributed by atoms with Gasteiger partial charge < -0.3 is 14.6 Å². The van der Waals surface area contributed by atoms with Crippen LogP contribution in [0.15, 0.2) is 24.3 Å². The minimum Gasteiger partial charge on any atom is -0.497 e. The maximum atomic E-state index is 11.6. The number of rotatable bonds is 7. The number of carbonyl (C=O) groups excluding carboxylic acids is 1. The third kappa shape index (κ3) is 4.91. The maximum Gasteiger partial charge on any atom is 0.309 e. The van der Waals surface area contributed by atoms with Gasteiger partial charge in [0.2, 0.25) is 0 Å². The molecule has 110 valence electrons. The SMILES string of the molecule is COc1ccc(COC(=O)CCC(C)(C)C(=O)O)cc1. The smallest absolute Gasteiger partial charge is 0.309 e. The van der Waals surface area contributed by atoms with E-state index in [-0.39, 0.29) is 19.4 Å². The topological polar surface area (TPSA) is 72.8 Å². The van der Waals surface area contributed by atoms with Crippen LogP contribution in [0.25, 0.3) is 0 Å². The van der Waals surface area contributed by atoms with Crippen LogP contribution in [0.2, 0.25) is 0 Å². The van der Waals surface area contributed by atoms with Gasteiger partial charge in [-0.15, -0.1) is 0 Å². The lowest BCUT2D eigenvalue weighted by atomic mass is 9.88. The third-order valence-electron chi connectivity index (χ3n) is 3.09. The zero-order valence-corrected chi connectivity index (χ0v) is 12.0. The molecule has 5 nitrogen and oxygen atoms in total. The summed E-state index contributed by atoms with van der Waals surface area (Å²) in [7, 11) is 1.58. The quantitative estimate of drug-likeness (QED) is 0.777. The molecule has 1 aromatic carbocycles. The maximum absolute atomic E-state index is 11.6. The summed E-state index contributed by atoms with van der Waals surface area (Å²) < 4.78 is 10.1. The average Bonchev–Trinajstić information content (AvgIpc) is 2.43. The van der Waals surface area contributed by atoms with Crippen molar-refractivity contribution in [2.24, 2.45) is 5.41 Å². The molecule has 0 aliphatic rings. The van der Waals surface area contributed by atoms with Crippen LogP contribution in [0.5, 0.6) is 5.75 Å². The van der Waals surface area contributed by atoms with Gasteiger partial charge in [0.25, 0.3) is 0 Å². The van der Waals surface area contributed by atoms with Crippen LogP contribution in [-0.4, -0.2) is 24.2 Å². The zero-order valence-electron chi connectivity index (χ0n) is 12.0. The summed E-state index contributed by atoms with van der Waals surface area (Å²) in [6, 6.07) is 7.20. The van der Waals surface area contributed by atoms with Gasteiger partial charge in [0.15, 0.2) is 0 Å². The van der Waals surface area contributed by atoms with Gasteiger partial charge in [-0.2, -0.15) is 0 Å². The molecule has 5 heteroatoms. The standard InChI is InChI=1S/C15H20O5/c1-15(2,14(17)18)9-8-13(16)20-10-11-4-6-12(19-3)7-5-11/h4-7H,8-10H2,1-3H3,(H,17,18). The lowest BCUT2D eigenvalue weighted by molar-refractivity contribution is -0.149. The second-order valence-corrected chi connectivity index (χ2v) is 5.20. The van der Waals surface area contributed by atoms with E-state index in [0.29, 0.717) is 0 Å². The fraction of sp³-hybridized carbons (Fsp3) is 0.467. The normalized spacial score (nSPS) is 10.9. The number of benzene rings is 1. The third-order valence-corrected chi connectivity index (χ3v) is 3.09. The molecule has 0 heterocycles. The number of esters is 1. The van der Waals surface area contributed by atoms with E-state index >= 15 is 0 Å². The molecule has 1 rings (SSSR count). The highest BCUT2D eigenvalue weighted by atomic mass is 16.5. The number of methoxy groups -OCH3 is 1. The van der Waals surface area contributed by atoms with Crippen LogP contribution < -0.4 is 4.74 Å². The highest BCUT2D eigenvalue weighted by Crippen LogP contribution is 2.22. The van der Waals surface area contributed by atoms with Crippen molar-refractivity contribution in [1.82, 2.24) is 0 Å². The first kappa shape index (κ1) is 16.0. The number of hydrogen-bond donors (Lipinski definition) is 1. The second kappa shape index (κ2) is 6.93. The first-order valence-electron chi connectivity index (χ1n) is 6.37. The molecular formula is C15H20O5. The Hall–Kier alpha value is -2.04. The monoisotopic (exact) mass is 280 g/mol. The molecule has 0 aromatic heterocycles. The highest BCUT2D eigenvalue weighted by molar-refractivity contribution is 5.75. The number of carboxylic acid groups (broad SMARTS) is 1. The average molecular weight is 280 g/mol. The van der Waals surface area contributed by atoms with Crippen molar-refractivity contribution in [2.45, 2.75) is 33.3 Å². The van der Waals surface area contributed by atoms with Crippen LogP contribution in [0.3, 0.4) is 0 Å². The largest absolute Gasteiger partial charge is 0.497 e. The summed E-state index contributed by atoms with van der Waals surface area (Å²) in [5.74, 6) is -0.570. The minimum absolute atomic E-state index is 0.0927. The van der Waals surface area contributed by atoms with Gasteiger partial charge in [0.1, 0.15) is 12.4 Å². The van der Waals surface area contributed by atoms with E-state index < -0.39 is 17.4 Å². The van der Waals surface area contributed by atoms with Crippen molar-refractivity contribution in [3.63, 3.8) is 0 Å². The van der Waals surface area contributed by atoms with Crippen LogP contribution in [0, 0.1) is 5.41 Å². The van der Waals surface area contributed by atoms with Gasteiger partial charge in [-0.05, 0) is 38.0 Å². The van der Waals surface area contributed by atoms with Crippen molar-refractivity contribution in [2.75, 3.05) is 7.11 Å². The molecule has 0 aliphatic carbocycles. The van der Waals surface area contributed by atoms with Crippen molar-refractivity contribution in [3.8, 4) is 5.75 Å². The molecule has 0 spiro atoms. The van der Waals surface area contributed by atoms with Crippen molar-refractivity contribution in [3.05, 3.63) is 29.8 Å². The minimum atomic E-state index is -0.918. The number of carboxylic acids is 1. The predicted molar refractivity (Wildman–Crippen MR) is 73.4 cm³/mol. The fourth-order valence-corrected chi connectivity index (χ4v) is 1.48. The lowest BCUT2D eigenvalue weighted by Crippen LogP contribution is -2.24. The summed E-state index contributed by atoms with van der Waals surface area (Å²) in [6.45, 7) is 3.36. The van der Waals surface area contributed by atoms with Crippen LogP contribution in [0.1, 0.15) is 32.3 Å². The van der Waals surface area contributed by atoms with E-state index in [0.717, 1.165) is 11.3 Å². The van der Waals surface area contributed by atoms with Crippen LogP contribution >= 0.6 is 0 Å². The Labute approximate surface area is 118 Å². The van der Waals surface area contributed by atoms with E-state index in [4.69, 9.17) is 14.6 Å². The summed E-state index contributed by atoms with van der Waals surface area (Å²) in [6.07, 6.45) is 0.346. The molecule has 1 aromatic rings. The Bertz CT molecular complexity index is 462. The molecule has 0 aliphatic heterocycles. The van der Waals surface area contributed by atoms with E-state index in [1.54, 1.807) is 33.1 Å². The van der Waals surface area contributed by atoms with Gasteiger partial charge in [-0.25, -0.2) is 0 Å². The van der Waals surface area contributed by atoms with E-state index in [2.05, 4.69) is 0 Å². The van der Waals surface area contributed by atoms with Gasteiger partial charge in [0.05, 0.1) is 12.5 Å². The Morgan fingerprint density at radius 2 is 1.80 bits per heavy atom. The molecule has 0 saturated heterocycles. The molecule has 0 radical (unpaired) electrons. The Balaban J connectivity index is 2.38.